The second kappa shape index (κ2) is 4.48. The van der Waals surface area contributed by atoms with E-state index in [1.54, 1.807) is 5.57 Å². The molecule has 0 N–H and O–H groups in total. The summed E-state index contributed by atoms with van der Waals surface area (Å²) < 4.78 is 0. The molecule has 0 aromatic heterocycles. The van der Waals surface area contributed by atoms with Crippen molar-refractivity contribution < 1.29 is 4.79 Å². The maximum Gasteiger partial charge on any atom is 0.141 e. The maximum atomic E-state index is 12.3. The fourth-order valence-corrected chi connectivity index (χ4v) is 3.39. The number of carbonyl (C=O) groups is 1. The Hall–Kier alpha value is -1.37. The molecule has 0 bridgehead atoms. The Morgan fingerprint density at radius 3 is 2.71 bits per heavy atom. The molecule has 0 heterocycles. The molecule has 2 aliphatic rings. The Morgan fingerprint density at radius 1 is 1.06 bits per heavy atom. The molecule has 1 fully saturated rings. The van der Waals surface area contributed by atoms with Crippen LogP contribution in [0, 0.1) is 5.92 Å². The van der Waals surface area contributed by atoms with Gasteiger partial charge in [-0.25, -0.2) is 0 Å². The van der Waals surface area contributed by atoms with Crippen molar-refractivity contribution in [2.24, 2.45) is 5.92 Å². The largest absolute Gasteiger partial charge is 0.299 e. The monoisotopic (exact) mass is 226 g/mol. The molecule has 1 aromatic carbocycles. The number of rotatable bonds is 1. The van der Waals surface area contributed by atoms with E-state index >= 15 is 0 Å². The van der Waals surface area contributed by atoms with Gasteiger partial charge in [0, 0.05) is 12.3 Å². The second-order valence-corrected chi connectivity index (χ2v) is 5.17. The second-order valence-electron chi connectivity index (χ2n) is 5.17. The fraction of sp³-hybridized carbons (Fsp3) is 0.438. The van der Waals surface area contributed by atoms with E-state index in [2.05, 4.69) is 18.2 Å². The zero-order chi connectivity index (χ0) is 11.7. The topological polar surface area (TPSA) is 17.1 Å². The molecule has 1 heteroatoms. The van der Waals surface area contributed by atoms with Crippen LogP contribution in [0.3, 0.4) is 0 Å². The molecule has 88 valence electrons. The lowest BCUT2D eigenvalue weighted by Crippen LogP contribution is -2.19. The van der Waals surface area contributed by atoms with Crippen LogP contribution in [0.25, 0.3) is 0 Å². The zero-order valence-electron chi connectivity index (χ0n) is 10.1. The fourth-order valence-electron chi connectivity index (χ4n) is 3.39. The van der Waals surface area contributed by atoms with Gasteiger partial charge in [0.25, 0.3) is 0 Å². The quantitative estimate of drug-likeness (QED) is 0.664. The number of hydrogen-bond donors (Lipinski definition) is 0. The van der Waals surface area contributed by atoms with E-state index in [1.165, 1.54) is 24.8 Å². The first-order chi connectivity index (χ1) is 8.36. The molecule has 17 heavy (non-hydrogen) atoms. The molecule has 1 aromatic rings. The van der Waals surface area contributed by atoms with Crippen molar-refractivity contribution in [3.05, 3.63) is 47.5 Å². The van der Waals surface area contributed by atoms with E-state index in [4.69, 9.17) is 0 Å². The Kier molecular flexibility index (Phi) is 2.84. The van der Waals surface area contributed by atoms with E-state index in [-0.39, 0.29) is 5.92 Å². The number of ketones is 1. The van der Waals surface area contributed by atoms with Gasteiger partial charge in [0.1, 0.15) is 5.78 Å². The van der Waals surface area contributed by atoms with Crippen molar-refractivity contribution in [1.82, 2.24) is 0 Å². The molecular formula is C16H18O. The molecule has 2 atom stereocenters. The molecule has 1 nitrogen and oxygen atoms in total. The predicted octanol–water partition coefficient (Wildman–Crippen LogP) is 3.86. The summed E-state index contributed by atoms with van der Waals surface area (Å²) in [6, 6.07) is 10.3. The minimum Gasteiger partial charge on any atom is -0.299 e. The van der Waals surface area contributed by atoms with Crippen LogP contribution >= 0.6 is 0 Å². The Morgan fingerprint density at radius 2 is 1.88 bits per heavy atom. The lowest BCUT2D eigenvalue weighted by Gasteiger charge is -2.22. The van der Waals surface area contributed by atoms with Crippen molar-refractivity contribution in [2.75, 3.05) is 0 Å². The lowest BCUT2D eigenvalue weighted by atomic mass is 9.80. The van der Waals surface area contributed by atoms with Gasteiger partial charge in [-0.3, -0.25) is 4.79 Å². The van der Waals surface area contributed by atoms with Crippen LogP contribution in [0.1, 0.15) is 43.6 Å². The normalized spacial score (nSPS) is 28.5. The summed E-state index contributed by atoms with van der Waals surface area (Å²) in [6.45, 7) is 0. The van der Waals surface area contributed by atoms with Crippen LogP contribution in [0.2, 0.25) is 0 Å². The van der Waals surface area contributed by atoms with Crippen LogP contribution in [-0.4, -0.2) is 5.78 Å². The molecule has 3 rings (SSSR count). The van der Waals surface area contributed by atoms with Gasteiger partial charge in [0.2, 0.25) is 0 Å². The van der Waals surface area contributed by atoms with Crippen LogP contribution in [-0.2, 0) is 4.79 Å². The molecule has 1 saturated carbocycles. The van der Waals surface area contributed by atoms with Crippen molar-refractivity contribution in [2.45, 2.75) is 38.0 Å². The van der Waals surface area contributed by atoms with Gasteiger partial charge < -0.3 is 0 Å². The van der Waals surface area contributed by atoms with Gasteiger partial charge in [-0.05, 0) is 37.2 Å². The molecule has 0 amide bonds. The Labute approximate surface area is 103 Å². The highest BCUT2D eigenvalue weighted by atomic mass is 16.1. The summed E-state index contributed by atoms with van der Waals surface area (Å²) >= 11 is 0. The van der Waals surface area contributed by atoms with Gasteiger partial charge in [0.15, 0.2) is 0 Å². The standard InChI is InChI=1S/C16H18O/c17-15-11-5-9-12-8-4-10-14(12)16(15)13-6-2-1-3-7-13/h1-3,6-7,9,14,16H,4-5,8,10-11H2/t14-,16+/m0/s1. The highest BCUT2D eigenvalue weighted by Gasteiger charge is 2.35. The molecule has 0 radical (unpaired) electrons. The van der Waals surface area contributed by atoms with E-state index in [0.29, 0.717) is 11.7 Å². The lowest BCUT2D eigenvalue weighted by molar-refractivity contribution is -0.121. The molecule has 0 saturated heterocycles. The summed E-state index contributed by atoms with van der Waals surface area (Å²) in [5.74, 6) is 1.06. The Bertz CT molecular complexity index is 444. The number of fused-ring (bicyclic) bond motifs is 1. The SMILES string of the molecule is O=C1CCC=C2CCC[C@@H]2[C@H]1c1ccccc1. The average Bonchev–Trinajstić information content (AvgIpc) is 2.74. The van der Waals surface area contributed by atoms with Crippen LogP contribution in [0.5, 0.6) is 0 Å². The van der Waals surface area contributed by atoms with Crippen LogP contribution < -0.4 is 0 Å². The van der Waals surface area contributed by atoms with Gasteiger partial charge in [-0.1, -0.05) is 42.0 Å². The van der Waals surface area contributed by atoms with E-state index in [0.717, 1.165) is 12.8 Å². The summed E-state index contributed by atoms with van der Waals surface area (Å²) in [4.78, 5) is 12.3. The van der Waals surface area contributed by atoms with E-state index in [9.17, 15) is 4.79 Å². The van der Waals surface area contributed by atoms with Crippen molar-refractivity contribution in [3.63, 3.8) is 0 Å². The maximum absolute atomic E-state index is 12.3. The number of Topliss-reactive ketones (excluding diaryl/α,β-unsaturated/α-hetero) is 1. The number of hydrogen-bond acceptors (Lipinski definition) is 1. The highest BCUT2D eigenvalue weighted by Crippen LogP contribution is 2.44. The average molecular weight is 226 g/mol. The summed E-state index contributed by atoms with van der Waals surface area (Å²) in [5, 5.41) is 0. The van der Waals surface area contributed by atoms with Gasteiger partial charge in [0.05, 0.1) is 0 Å². The molecule has 0 spiro atoms. The third-order valence-corrected chi connectivity index (χ3v) is 4.16. The zero-order valence-corrected chi connectivity index (χ0v) is 10.1. The summed E-state index contributed by atoms with van der Waals surface area (Å²) in [6.07, 6.45) is 7.66. The molecular weight excluding hydrogens is 208 g/mol. The number of allylic oxidation sites excluding steroid dienone is 2. The van der Waals surface area contributed by atoms with Crippen molar-refractivity contribution in [1.29, 1.82) is 0 Å². The summed E-state index contributed by atoms with van der Waals surface area (Å²) in [5.41, 5.74) is 2.77. The third kappa shape index (κ3) is 1.95. The first-order valence-corrected chi connectivity index (χ1v) is 6.63. The van der Waals surface area contributed by atoms with Crippen LogP contribution in [0.4, 0.5) is 0 Å². The smallest absolute Gasteiger partial charge is 0.141 e. The first kappa shape index (κ1) is 10.8. The van der Waals surface area contributed by atoms with Gasteiger partial charge in [-0.2, -0.15) is 0 Å². The first-order valence-electron chi connectivity index (χ1n) is 6.63. The molecule has 2 aliphatic carbocycles. The minimum absolute atomic E-state index is 0.132. The van der Waals surface area contributed by atoms with Crippen LogP contribution in [0.15, 0.2) is 42.0 Å². The molecule has 0 aliphatic heterocycles. The number of carbonyl (C=O) groups excluding carboxylic acids is 1. The summed E-state index contributed by atoms with van der Waals surface area (Å²) in [7, 11) is 0. The van der Waals surface area contributed by atoms with E-state index < -0.39 is 0 Å². The van der Waals surface area contributed by atoms with E-state index in [1.807, 2.05) is 18.2 Å². The minimum atomic E-state index is 0.132. The predicted molar refractivity (Wildman–Crippen MR) is 68.8 cm³/mol. The van der Waals surface area contributed by atoms with Crippen molar-refractivity contribution >= 4 is 5.78 Å². The van der Waals surface area contributed by atoms with Crippen molar-refractivity contribution in [3.8, 4) is 0 Å². The molecule has 0 unspecified atom stereocenters. The number of benzene rings is 1. The highest BCUT2D eigenvalue weighted by molar-refractivity contribution is 5.87. The Balaban J connectivity index is 2.00. The van der Waals surface area contributed by atoms with Gasteiger partial charge in [-0.15, -0.1) is 0 Å². The third-order valence-electron chi connectivity index (χ3n) is 4.16. The van der Waals surface area contributed by atoms with Gasteiger partial charge >= 0.3 is 0 Å².